The third-order valence-corrected chi connectivity index (χ3v) is 5.55. The normalized spacial score (nSPS) is 17.1. The van der Waals surface area contributed by atoms with E-state index >= 15 is 0 Å². The Morgan fingerprint density at radius 3 is 2.57 bits per heavy atom. The summed E-state index contributed by atoms with van der Waals surface area (Å²) in [6.07, 6.45) is 2.00. The molecule has 0 bridgehead atoms. The maximum Gasteiger partial charge on any atom is 0.255 e. The minimum Gasteiger partial charge on any atom is -0.396 e. The SMILES string of the molecule is Cn1cc(C(=O)N2CC(C)(c3ccccn3)C2)cc1C(=O)C(O)C(C)(C)CO. The van der Waals surface area contributed by atoms with Crippen LogP contribution in [0.5, 0.6) is 0 Å². The van der Waals surface area contributed by atoms with Crippen LogP contribution in [0.1, 0.15) is 47.3 Å². The van der Waals surface area contributed by atoms with Crippen molar-refractivity contribution in [3.8, 4) is 0 Å². The van der Waals surface area contributed by atoms with Gasteiger partial charge in [-0.25, -0.2) is 0 Å². The van der Waals surface area contributed by atoms with Crippen molar-refractivity contribution < 1.29 is 19.8 Å². The molecule has 2 N–H and O–H groups in total. The smallest absolute Gasteiger partial charge is 0.255 e. The lowest BCUT2D eigenvalue weighted by molar-refractivity contribution is 0.0123. The van der Waals surface area contributed by atoms with Crippen LogP contribution < -0.4 is 0 Å². The molecule has 28 heavy (non-hydrogen) atoms. The van der Waals surface area contributed by atoms with Crippen LogP contribution in [0.2, 0.25) is 0 Å². The summed E-state index contributed by atoms with van der Waals surface area (Å²) in [6, 6.07) is 7.28. The Morgan fingerprint density at radius 1 is 1.32 bits per heavy atom. The largest absolute Gasteiger partial charge is 0.396 e. The fourth-order valence-corrected chi connectivity index (χ4v) is 3.51. The molecule has 150 valence electrons. The number of ketones is 1. The predicted octanol–water partition coefficient (Wildman–Crippen LogP) is 1.40. The van der Waals surface area contributed by atoms with E-state index in [1.54, 1.807) is 42.8 Å². The van der Waals surface area contributed by atoms with Gasteiger partial charge in [-0.15, -0.1) is 0 Å². The van der Waals surface area contributed by atoms with Gasteiger partial charge in [-0.2, -0.15) is 0 Å². The molecule has 1 amide bonds. The molecule has 0 aliphatic carbocycles. The molecule has 1 saturated heterocycles. The molecule has 1 fully saturated rings. The summed E-state index contributed by atoms with van der Waals surface area (Å²) in [6.45, 7) is 6.09. The number of likely N-dealkylation sites (tertiary alicyclic amines) is 1. The first-order valence-electron chi connectivity index (χ1n) is 9.29. The molecule has 3 heterocycles. The van der Waals surface area contributed by atoms with Gasteiger partial charge in [-0.1, -0.05) is 26.8 Å². The van der Waals surface area contributed by atoms with Crippen LogP contribution in [0, 0.1) is 5.41 Å². The van der Waals surface area contributed by atoms with Gasteiger partial charge in [0.25, 0.3) is 5.91 Å². The number of nitrogens with zero attached hydrogens (tertiary/aromatic N) is 3. The first-order chi connectivity index (χ1) is 13.1. The summed E-state index contributed by atoms with van der Waals surface area (Å²) in [7, 11) is 1.66. The standard InChI is InChI=1S/C21H27N3O4/c1-20(2,13-25)18(27)17(26)15-9-14(10-23(15)4)19(28)24-11-21(3,12-24)16-7-5-6-8-22-16/h5-10,18,25,27H,11-13H2,1-4H3. The summed E-state index contributed by atoms with van der Waals surface area (Å²) in [5, 5.41) is 19.7. The Hall–Kier alpha value is -2.51. The molecule has 0 radical (unpaired) electrons. The van der Waals surface area contributed by atoms with Crippen LogP contribution >= 0.6 is 0 Å². The Balaban J connectivity index is 1.73. The third-order valence-electron chi connectivity index (χ3n) is 5.55. The number of Topliss-reactive ketones (excluding diaryl/α,β-unsaturated/α-hetero) is 1. The third kappa shape index (κ3) is 3.47. The van der Waals surface area contributed by atoms with Crippen molar-refractivity contribution in [2.24, 2.45) is 12.5 Å². The van der Waals surface area contributed by atoms with Crippen LogP contribution in [0.15, 0.2) is 36.7 Å². The van der Waals surface area contributed by atoms with Crippen molar-refractivity contribution in [2.75, 3.05) is 19.7 Å². The summed E-state index contributed by atoms with van der Waals surface area (Å²) >= 11 is 0. The van der Waals surface area contributed by atoms with Gasteiger partial charge < -0.3 is 19.7 Å². The molecule has 2 aromatic heterocycles. The van der Waals surface area contributed by atoms with Gasteiger partial charge in [0.2, 0.25) is 5.78 Å². The number of hydrogen-bond acceptors (Lipinski definition) is 5. The van der Waals surface area contributed by atoms with E-state index in [2.05, 4.69) is 11.9 Å². The van der Waals surface area contributed by atoms with E-state index in [0.29, 0.717) is 18.7 Å². The number of aromatic nitrogens is 2. The van der Waals surface area contributed by atoms with E-state index in [9.17, 15) is 19.8 Å². The zero-order valence-corrected chi connectivity index (χ0v) is 16.7. The number of pyridine rings is 1. The molecule has 3 rings (SSSR count). The van der Waals surface area contributed by atoms with Gasteiger partial charge in [-0.3, -0.25) is 14.6 Å². The zero-order chi connectivity index (χ0) is 20.7. The quantitative estimate of drug-likeness (QED) is 0.733. The second kappa shape index (κ2) is 7.14. The van der Waals surface area contributed by atoms with E-state index in [1.165, 1.54) is 6.07 Å². The van der Waals surface area contributed by atoms with E-state index in [0.717, 1.165) is 5.69 Å². The van der Waals surface area contributed by atoms with Crippen molar-refractivity contribution in [2.45, 2.75) is 32.3 Å². The summed E-state index contributed by atoms with van der Waals surface area (Å²) < 4.78 is 1.55. The van der Waals surface area contributed by atoms with Gasteiger partial charge in [0.1, 0.15) is 6.10 Å². The monoisotopic (exact) mass is 385 g/mol. The lowest BCUT2D eigenvalue weighted by Crippen LogP contribution is -2.59. The van der Waals surface area contributed by atoms with Crippen molar-refractivity contribution in [1.29, 1.82) is 0 Å². The average Bonchev–Trinajstić information content (AvgIpc) is 3.06. The maximum atomic E-state index is 12.8. The highest BCUT2D eigenvalue weighted by Crippen LogP contribution is 2.34. The van der Waals surface area contributed by atoms with Crippen LogP contribution in [-0.4, -0.2) is 62.2 Å². The number of rotatable bonds is 6. The van der Waals surface area contributed by atoms with Crippen LogP contribution in [0.3, 0.4) is 0 Å². The highest BCUT2D eigenvalue weighted by Gasteiger charge is 2.44. The van der Waals surface area contributed by atoms with E-state index < -0.39 is 17.3 Å². The highest BCUT2D eigenvalue weighted by molar-refractivity contribution is 6.02. The molecule has 0 saturated carbocycles. The topological polar surface area (TPSA) is 95.7 Å². The average molecular weight is 385 g/mol. The van der Waals surface area contributed by atoms with Gasteiger partial charge in [0.15, 0.2) is 0 Å². The van der Waals surface area contributed by atoms with Gasteiger partial charge >= 0.3 is 0 Å². The zero-order valence-electron chi connectivity index (χ0n) is 16.7. The molecular formula is C21H27N3O4. The van der Waals surface area contributed by atoms with Crippen molar-refractivity contribution >= 4 is 11.7 Å². The fourth-order valence-electron chi connectivity index (χ4n) is 3.51. The summed E-state index contributed by atoms with van der Waals surface area (Å²) in [4.78, 5) is 31.6. The maximum absolute atomic E-state index is 12.8. The summed E-state index contributed by atoms with van der Waals surface area (Å²) in [5.41, 5.74) is 0.463. The Kier molecular flexibility index (Phi) is 5.16. The molecule has 1 unspecified atom stereocenters. The molecule has 1 aliphatic heterocycles. The van der Waals surface area contributed by atoms with E-state index in [-0.39, 0.29) is 23.6 Å². The lowest BCUT2D eigenvalue weighted by atomic mass is 9.78. The minimum absolute atomic E-state index is 0.154. The number of aryl methyl sites for hydroxylation is 1. The Labute approximate surface area is 164 Å². The molecule has 7 heteroatoms. The van der Waals surface area contributed by atoms with Gasteiger partial charge in [-0.05, 0) is 18.2 Å². The fraction of sp³-hybridized carbons (Fsp3) is 0.476. The van der Waals surface area contributed by atoms with E-state index in [1.807, 2.05) is 18.2 Å². The second-order valence-electron chi connectivity index (χ2n) is 8.58. The lowest BCUT2D eigenvalue weighted by Gasteiger charge is -2.47. The first-order valence-corrected chi connectivity index (χ1v) is 9.29. The van der Waals surface area contributed by atoms with Gasteiger partial charge in [0.05, 0.1) is 17.9 Å². The summed E-state index contributed by atoms with van der Waals surface area (Å²) in [5.74, 6) is -0.665. The molecule has 7 nitrogen and oxygen atoms in total. The number of aliphatic hydroxyl groups is 2. The Morgan fingerprint density at radius 2 is 2.00 bits per heavy atom. The molecule has 1 aliphatic rings. The number of amides is 1. The first kappa shape index (κ1) is 20.2. The molecule has 1 atom stereocenters. The van der Waals surface area contributed by atoms with E-state index in [4.69, 9.17) is 0 Å². The Bertz CT molecular complexity index is 882. The van der Waals surface area contributed by atoms with Crippen molar-refractivity contribution in [3.05, 3.63) is 53.6 Å². The molecule has 2 aromatic rings. The number of carbonyl (C=O) groups excluding carboxylic acids is 2. The van der Waals surface area contributed by atoms with Crippen LogP contribution in [0.4, 0.5) is 0 Å². The number of hydrogen-bond donors (Lipinski definition) is 2. The molecule has 0 spiro atoms. The number of carbonyl (C=O) groups is 2. The van der Waals surface area contributed by atoms with Crippen LogP contribution in [0.25, 0.3) is 0 Å². The predicted molar refractivity (Wildman–Crippen MR) is 104 cm³/mol. The second-order valence-corrected chi connectivity index (χ2v) is 8.58. The number of aliphatic hydroxyl groups excluding tert-OH is 2. The van der Waals surface area contributed by atoms with Crippen LogP contribution in [-0.2, 0) is 12.5 Å². The van der Waals surface area contributed by atoms with Gasteiger partial charge in [0, 0.05) is 49.1 Å². The minimum atomic E-state index is -1.36. The molecular weight excluding hydrogens is 358 g/mol. The highest BCUT2D eigenvalue weighted by atomic mass is 16.3. The van der Waals surface area contributed by atoms with Crippen molar-refractivity contribution in [3.63, 3.8) is 0 Å². The molecule has 0 aromatic carbocycles. The van der Waals surface area contributed by atoms with Crippen molar-refractivity contribution in [1.82, 2.24) is 14.5 Å².